The zero-order valence-corrected chi connectivity index (χ0v) is 21.0. The van der Waals surface area contributed by atoms with E-state index in [-0.39, 0.29) is 17.2 Å². The summed E-state index contributed by atoms with van der Waals surface area (Å²) < 4.78 is 13.3. The van der Waals surface area contributed by atoms with E-state index in [0.29, 0.717) is 16.2 Å². The molecular weight excluding hydrogens is 424 g/mol. The van der Waals surface area contributed by atoms with Crippen LogP contribution in [0.25, 0.3) is 0 Å². The Balaban J connectivity index is 2.09. The monoisotopic (exact) mass is 454 g/mol. The van der Waals surface area contributed by atoms with Gasteiger partial charge in [0, 0.05) is 18.0 Å². The van der Waals surface area contributed by atoms with Gasteiger partial charge >= 0.3 is 0 Å². The fourth-order valence-electron chi connectivity index (χ4n) is 3.35. The molecule has 1 aliphatic rings. The Kier molecular flexibility index (Phi) is 6.25. The highest BCUT2D eigenvalue weighted by Gasteiger charge is 2.50. The van der Waals surface area contributed by atoms with Gasteiger partial charge in [0.25, 0.3) is 0 Å². The standard InChI is InChI=1S/C23H30N4O2SSi/c1-22(2,3)31(6,7)29-20-19(27-21(30)17-14-25-10-11-26-17)16-12-15(13-24)8-9-18(16)28-23(20,4)5/h8-12,14,19-20H,1-7H3,(H,27,30)/t19-,20+/m1/s1. The molecule has 8 heteroatoms. The van der Waals surface area contributed by atoms with Gasteiger partial charge in [0.1, 0.15) is 28.1 Å². The molecule has 6 nitrogen and oxygen atoms in total. The van der Waals surface area contributed by atoms with E-state index in [2.05, 4.69) is 55.2 Å². The van der Waals surface area contributed by atoms with Crippen LogP contribution in [0.5, 0.6) is 5.75 Å². The van der Waals surface area contributed by atoms with Crippen molar-refractivity contribution in [2.75, 3.05) is 0 Å². The van der Waals surface area contributed by atoms with Crippen LogP contribution < -0.4 is 10.1 Å². The van der Waals surface area contributed by atoms with E-state index in [1.807, 2.05) is 26.0 Å². The summed E-state index contributed by atoms with van der Waals surface area (Å²) >= 11 is 5.67. The third-order valence-corrected chi connectivity index (χ3v) is 10.9. The Morgan fingerprint density at radius 2 is 2.00 bits per heavy atom. The van der Waals surface area contributed by atoms with E-state index in [1.165, 1.54) is 0 Å². The molecule has 2 heterocycles. The van der Waals surface area contributed by atoms with Gasteiger partial charge in [-0.15, -0.1) is 0 Å². The predicted octanol–water partition coefficient (Wildman–Crippen LogP) is 4.92. The van der Waals surface area contributed by atoms with Crippen molar-refractivity contribution in [3.05, 3.63) is 53.6 Å². The lowest BCUT2D eigenvalue weighted by Crippen LogP contribution is -2.59. The average molecular weight is 455 g/mol. The molecule has 0 unspecified atom stereocenters. The van der Waals surface area contributed by atoms with E-state index in [9.17, 15) is 5.26 Å². The van der Waals surface area contributed by atoms with Gasteiger partial charge in [-0.05, 0) is 50.2 Å². The number of rotatable bonds is 4. The lowest BCUT2D eigenvalue weighted by Gasteiger charge is -2.50. The van der Waals surface area contributed by atoms with Crippen LogP contribution in [0.15, 0.2) is 36.8 Å². The molecule has 0 saturated heterocycles. The van der Waals surface area contributed by atoms with Crippen molar-refractivity contribution in [3.63, 3.8) is 0 Å². The zero-order chi connectivity index (χ0) is 23.0. The van der Waals surface area contributed by atoms with Crippen molar-refractivity contribution in [2.24, 2.45) is 0 Å². The van der Waals surface area contributed by atoms with Crippen LogP contribution in [0.2, 0.25) is 18.1 Å². The third-order valence-electron chi connectivity index (χ3n) is 6.15. The molecule has 0 fully saturated rings. The van der Waals surface area contributed by atoms with Gasteiger partial charge in [0.2, 0.25) is 0 Å². The van der Waals surface area contributed by atoms with Crippen LogP contribution in [-0.4, -0.2) is 35.0 Å². The van der Waals surface area contributed by atoms with Gasteiger partial charge in [0.15, 0.2) is 8.32 Å². The number of fused-ring (bicyclic) bond motifs is 1. The van der Waals surface area contributed by atoms with E-state index in [0.717, 1.165) is 11.3 Å². The predicted molar refractivity (Wildman–Crippen MR) is 128 cm³/mol. The average Bonchev–Trinajstić information content (AvgIpc) is 2.69. The Labute approximate surface area is 191 Å². The highest BCUT2D eigenvalue weighted by molar-refractivity contribution is 7.80. The smallest absolute Gasteiger partial charge is 0.192 e. The second-order valence-corrected chi connectivity index (χ2v) is 15.1. The molecular formula is C23H30N4O2SSi. The van der Waals surface area contributed by atoms with Crippen LogP contribution in [-0.2, 0) is 4.43 Å². The molecule has 0 aliphatic carbocycles. The minimum Gasteiger partial charge on any atom is -0.485 e. The molecule has 0 bridgehead atoms. The van der Waals surface area contributed by atoms with Gasteiger partial charge in [-0.2, -0.15) is 5.26 Å². The lowest BCUT2D eigenvalue weighted by atomic mass is 9.86. The molecule has 164 valence electrons. The quantitative estimate of drug-likeness (QED) is 0.519. The van der Waals surface area contributed by atoms with Crippen LogP contribution in [0.4, 0.5) is 0 Å². The Morgan fingerprint density at radius 3 is 2.58 bits per heavy atom. The van der Waals surface area contributed by atoms with E-state index < -0.39 is 13.9 Å². The van der Waals surface area contributed by atoms with Crippen molar-refractivity contribution in [3.8, 4) is 11.8 Å². The van der Waals surface area contributed by atoms with Crippen molar-refractivity contribution in [2.45, 2.75) is 70.5 Å². The highest BCUT2D eigenvalue weighted by atomic mass is 32.1. The second kappa shape index (κ2) is 8.30. The molecule has 1 aliphatic heterocycles. The summed E-state index contributed by atoms with van der Waals surface area (Å²) in [5.41, 5.74) is 1.39. The molecule has 31 heavy (non-hydrogen) atoms. The largest absolute Gasteiger partial charge is 0.485 e. The molecule has 0 spiro atoms. The fourth-order valence-corrected chi connectivity index (χ4v) is 4.99. The summed E-state index contributed by atoms with van der Waals surface area (Å²) in [5, 5.41) is 12.9. The second-order valence-electron chi connectivity index (χ2n) is 9.91. The molecule has 1 aromatic carbocycles. The Morgan fingerprint density at radius 1 is 1.29 bits per heavy atom. The van der Waals surface area contributed by atoms with Crippen LogP contribution in [0.3, 0.4) is 0 Å². The zero-order valence-electron chi connectivity index (χ0n) is 19.2. The third kappa shape index (κ3) is 4.79. The summed E-state index contributed by atoms with van der Waals surface area (Å²) in [7, 11) is -2.15. The number of hydrogen-bond acceptors (Lipinski definition) is 6. The first-order valence-corrected chi connectivity index (χ1v) is 13.6. The molecule has 3 rings (SSSR count). The molecule has 1 N–H and O–H groups in total. The van der Waals surface area contributed by atoms with Gasteiger partial charge in [0.05, 0.1) is 23.9 Å². The molecule has 0 radical (unpaired) electrons. The number of nitrogens with zero attached hydrogens (tertiary/aromatic N) is 3. The summed E-state index contributed by atoms with van der Waals surface area (Å²) in [6.07, 6.45) is 4.53. The maximum absolute atomic E-state index is 9.47. The number of aromatic nitrogens is 2. The number of hydrogen-bond donors (Lipinski definition) is 1. The summed E-state index contributed by atoms with van der Waals surface area (Å²) in [6, 6.07) is 7.37. The molecule has 2 aromatic rings. The highest BCUT2D eigenvalue weighted by Crippen LogP contribution is 2.46. The van der Waals surface area contributed by atoms with Gasteiger partial charge in [-0.25, -0.2) is 0 Å². The molecule has 2 atom stereocenters. The molecule has 0 saturated carbocycles. The maximum Gasteiger partial charge on any atom is 0.192 e. The van der Waals surface area contributed by atoms with Crippen molar-refractivity contribution >= 4 is 25.5 Å². The van der Waals surface area contributed by atoms with Crippen LogP contribution in [0, 0.1) is 11.3 Å². The summed E-state index contributed by atoms with van der Waals surface area (Å²) in [4.78, 5) is 8.93. The number of thiocarbonyl (C=S) groups is 1. The number of nitriles is 1. The topological polar surface area (TPSA) is 80.1 Å². The van der Waals surface area contributed by atoms with Crippen LogP contribution >= 0.6 is 12.2 Å². The minimum atomic E-state index is -2.15. The Bertz CT molecular complexity index is 1010. The van der Waals surface area contributed by atoms with Crippen LogP contribution in [0.1, 0.15) is 57.5 Å². The van der Waals surface area contributed by atoms with E-state index in [1.54, 1.807) is 24.7 Å². The number of ether oxygens (including phenoxy) is 1. The minimum absolute atomic E-state index is 0.0217. The first-order chi connectivity index (χ1) is 14.4. The SMILES string of the molecule is CC1(C)Oc2ccc(C#N)cc2[C@@H](NC(=S)c2cnccn2)[C@@H]1O[Si](C)(C)C(C)(C)C. The Hall–Kier alpha value is -2.34. The number of nitrogens with one attached hydrogen (secondary N) is 1. The first kappa shape index (κ1) is 23.3. The summed E-state index contributed by atoms with van der Waals surface area (Å²) in [6.45, 7) is 15.2. The van der Waals surface area contributed by atoms with Crippen molar-refractivity contribution < 1.29 is 9.16 Å². The fraction of sp³-hybridized carbons (Fsp3) is 0.478. The van der Waals surface area contributed by atoms with Gasteiger partial charge < -0.3 is 14.5 Å². The molecule has 1 aromatic heterocycles. The normalized spacial score (nSPS) is 20.2. The lowest BCUT2D eigenvalue weighted by molar-refractivity contribution is -0.0531. The van der Waals surface area contributed by atoms with E-state index in [4.69, 9.17) is 21.4 Å². The van der Waals surface area contributed by atoms with Gasteiger partial charge in [-0.1, -0.05) is 33.0 Å². The maximum atomic E-state index is 9.47. The van der Waals surface area contributed by atoms with E-state index >= 15 is 0 Å². The first-order valence-electron chi connectivity index (χ1n) is 10.3. The van der Waals surface area contributed by atoms with Gasteiger partial charge in [-0.3, -0.25) is 9.97 Å². The van der Waals surface area contributed by atoms with Crippen molar-refractivity contribution in [1.82, 2.24) is 15.3 Å². The molecule has 0 amide bonds. The summed E-state index contributed by atoms with van der Waals surface area (Å²) in [5.74, 6) is 0.721. The number of benzene rings is 1. The van der Waals surface area contributed by atoms with Crippen molar-refractivity contribution in [1.29, 1.82) is 5.26 Å².